The van der Waals surface area contributed by atoms with Crippen molar-refractivity contribution < 1.29 is 29.1 Å². The van der Waals surface area contributed by atoms with E-state index < -0.39 is 17.7 Å². The highest BCUT2D eigenvalue weighted by Gasteiger charge is 2.37. The molecule has 37 heavy (non-hydrogen) atoms. The van der Waals surface area contributed by atoms with E-state index in [-0.39, 0.29) is 5.69 Å². The fourth-order valence-corrected chi connectivity index (χ4v) is 5.20. The van der Waals surface area contributed by atoms with Gasteiger partial charge in [0.2, 0.25) is 0 Å². The summed E-state index contributed by atoms with van der Waals surface area (Å²) in [5.41, 5.74) is 3.53. The molecule has 1 N–H and O–H groups in total. The number of aromatic nitrogens is 1. The molecule has 0 spiro atoms. The third-order valence-corrected chi connectivity index (χ3v) is 6.62. The second-order valence-electron chi connectivity index (χ2n) is 10.1. The fraction of sp³-hybridized carbons (Fsp3) is 0.310. The molecule has 190 valence electrons. The van der Waals surface area contributed by atoms with Gasteiger partial charge in [-0.1, -0.05) is 18.2 Å². The van der Waals surface area contributed by atoms with E-state index in [1.807, 2.05) is 42.5 Å². The lowest BCUT2D eigenvalue weighted by atomic mass is 9.84. The maximum Gasteiger partial charge on any atom is 0.337 e. The van der Waals surface area contributed by atoms with Gasteiger partial charge in [-0.15, -0.1) is 0 Å². The lowest BCUT2D eigenvalue weighted by Gasteiger charge is -2.28. The van der Waals surface area contributed by atoms with E-state index in [0.29, 0.717) is 44.5 Å². The lowest BCUT2D eigenvalue weighted by Crippen LogP contribution is -2.28. The predicted molar refractivity (Wildman–Crippen MR) is 140 cm³/mol. The zero-order valence-corrected chi connectivity index (χ0v) is 21.5. The molecule has 1 aliphatic rings. The third-order valence-electron chi connectivity index (χ3n) is 6.62. The van der Waals surface area contributed by atoms with Crippen molar-refractivity contribution in [2.75, 3.05) is 13.7 Å². The van der Waals surface area contributed by atoms with Gasteiger partial charge < -0.3 is 14.6 Å². The Morgan fingerprint density at radius 1 is 1.14 bits per heavy atom. The number of pyridine rings is 1. The molecule has 1 aliphatic heterocycles. The molecule has 5 rings (SSSR count). The van der Waals surface area contributed by atoms with Gasteiger partial charge in [0.1, 0.15) is 5.75 Å². The van der Waals surface area contributed by atoms with Crippen LogP contribution in [0.25, 0.3) is 32.8 Å². The van der Waals surface area contributed by atoms with Crippen molar-refractivity contribution in [1.82, 2.24) is 4.98 Å². The molecule has 4 aromatic rings. The molecule has 0 fully saturated rings. The number of hydrogen-bond acceptors (Lipinski definition) is 6. The summed E-state index contributed by atoms with van der Waals surface area (Å²) in [6.45, 7) is 7.72. The van der Waals surface area contributed by atoms with Crippen LogP contribution < -0.4 is 4.74 Å². The van der Waals surface area contributed by atoms with E-state index in [9.17, 15) is 14.8 Å². The van der Waals surface area contributed by atoms with E-state index >= 15 is 0 Å². The molecule has 2 heterocycles. The minimum atomic E-state index is -1.36. The summed E-state index contributed by atoms with van der Waals surface area (Å²) < 4.78 is 12.1. The van der Waals surface area contributed by atoms with Crippen molar-refractivity contribution in [2.45, 2.75) is 45.8 Å². The van der Waals surface area contributed by atoms with Gasteiger partial charge in [0.05, 0.1) is 28.0 Å². The monoisotopic (exact) mass is 501 g/mol. The number of aliphatic carboxylic acids is 1. The molecule has 0 saturated heterocycles. The molecule has 1 atom stereocenters. The Morgan fingerprint density at radius 2 is 1.86 bits per heavy atom. The number of rotatable bonds is 6. The van der Waals surface area contributed by atoms with Gasteiger partial charge in [-0.05, 0) is 68.5 Å². The fourth-order valence-electron chi connectivity index (χ4n) is 5.20. The second kappa shape index (κ2) is 9.12. The average Bonchev–Trinajstić information content (AvgIpc) is 2.86. The Kier molecular flexibility index (Phi) is 6.07. The average molecular weight is 502 g/mol. The first-order chi connectivity index (χ1) is 17.6. The third kappa shape index (κ3) is 4.17. The molecule has 8 heteroatoms. The van der Waals surface area contributed by atoms with Crippen LogP contribution in [0.2, 0.25) is 0 Å². The van der Waals surface area contributed by atoms with Gasteiger partial charge >= 0.3 is 11.7 Å². The molecule has 1 aromatic heterocycles. The predicted octanol–water partition coefficient (Wildman–Crippen LogP) is 6.21. The number of hydrogen-bond donors (Lipinski definition) is 1. The largest absolute Gasteiger partial charge is 0.493 e. The number of nitrogens with zero attached hydrogens (tertiary/aromatic N) is 2. The van der Waals surface area contributed by atoms with Crippen LogP contribution in [0.15, 0.2) is 48.7 Å². The molecule has 0 radical (unpaired) electrons. The van der Waals surface area contributed by atoms with Crippen LogP contribution in [0.4, 0.5) is 5.69 Å². The van der Waals surface area contributed by atoms with E-state index in [0.717, 1.165) is 28.7 Å². The van der Waals surface area contributed by atoms with Gasteiger partial charge in [0, 0.05) is 34.7 Å². The van der Waals surface area contributed by atoms with Crippen molar-refractivity contribution in [2.24, 2.45) is 0 Å². The van der Waals surface area contributed by atoms with Crippen LogP contribution in [0.3, 0.4) is 0 Å². The van der Waals surface area contributed by atoms with Crippen LogP contribution in [-0.2, 0) is 20.8 Å². The maximum atomic E-state index is 13.0. The highest BCUT2D eigenvalue weighted by atomic mass is 16.8. The normalized spacial score (nSPS) is 13.9. The maximum absolute atomic E-state index is 13.0. The summed E-state index contributed by atoms with van der Waals surface area (Å²) in [4.78, 5) is 35.9. The Bertz CT molecular complexity index is 1560. The zero-order valence-electron chi connectivity index (χ0n) is 21.5. The smallest absolute Gasteiger partial charge is 0.337 e. The topological polar surface area (TPSA) is 98.0 Å². The van der Waals surface area contributed by atoms with Gasteiger partial charge in [0.15, 0.2) is 13.2 Å². The molecule has 8 nitrogen and oxygen atoms in total. The molecular weight excluding hydrogens is 472 g/mol. The van der Waals surface area contributed by atoms with Crippen molar-refractivity contribution in [3.05, 3.63) is 70.3 Å². The van der Waals surface area contributed by atoms with Crippen LogP contribution >= 0.6 is 0 Å². The number of carboxylic acid groups (broad SMARTS) is 1. The summed E-state index contributed by atoms with van der Waals surface area (Å²) in [6.07, 6.45) is 1.17. The summed E-state index contributed by atoms with van der Waals surface area (Å²) in [5.74, 6) is -0.410. The molecule has 0 amide bonds. The summed E-state index contributed by atoms with van der Waals surface area (Å²) in [7, 11) is 1.28. The van der Waals surface area contributed by atoms with Crippen LogP contribution in [0.5, 0.6) is 5.75 Å². The van der Waals surface area contributed by atoms with Gasteiger partial charge in [-0.3, -0.25) is 4.98 Å². The minimum Gasteiger partial charge on any atom is -0.493 e. The molecule has 0 bridgehead atoms. The Balaban J connectivity index is 1.98. The Labute approximate surface area is 214 Å². The SMILES string of the molecule is CO[N+](=O)c1c(C)c(C(OC(C)(C)C)C(=O)O)c(-c2ccc3c4c(ccnc24)CCO3)c2ccccc12. The number of benzene rings is 3. The summed E-state index contributed by atoms with van der Waals surface area (Å²) in [5, 5.41) is 12.6. The van der Waals surface area contributed by atoms with E-state index in [1.165, 1.54) is 7.11 Å². The number of carbonyl (C=O) groups is 1. The van der Waals surface area contributed by atoms with Crippen molar-refractivity contribution in [3.8, 4) is 16.9 Å². The quantitative estimate of drug-likeness (QED) is 0.314. The highest BCUT2D eigenvalue weighted by molar-refractivity contribution is 6.11. The lowest BCUT2D eigenvalue weighted by molar-refractivity contribution is -0.736. The first-order valence-corrected chi connectivity index (χ1v) is 12.1. The van der Waals surface area contributed by atoms with Gasteiger partial charge in [-0.2, -0.15) is 0 Å². The molecular formula is C29H29N2O6+. The second-order valence-corrected chi connectivity index (χ2v) is 10.1. The zero-order chi connectivity index (χ0) is 26.5. The first-order valence-electron chi connectivity index (χ1n) is 12.1. The molecule has 1 unspecified atom stereocenters. The standard InChI is InChI=1S/C29H28N2O6/c1-16-22(27(28(32)33)37-29(2,3)4)24(18-8-6-7-9-19(18)26(16)31(34)35-5)20-10-11-21-23-17(13-15-36-21)12-14-30-25(20)23/h6-12,14,27H,13,15H2,1-5H3/p+1. The van der Waals surface area contributed by atoms with Crippen LogP contribution in [0, 0.1) is 11.8 Å². The van der Waals surface area contributed by atoms with Gasteiger partial charge in [-0.25, -0.2) is 9.63 Å². The number of carboxylic acids is 1. The molecule has 0 aliphatic carbocycles. The summed E-state index contributed by atoms with van der Waals surface area (Å²) in [6, 6.07) is 13.2. The van der Waals surface area contributed by atoms with Crippen molar-refractivity contribution >= 4 is 33.3 Å². The van der Waals surface area contributed by atoms with Gasteiger partial charge in [0.25, 0.3) is 4.92 Å². The van der Waals surface area contributed by atoms with Crippen LogP contribution in [-0.4, -0.2) is 40.3 Å². The minimum absolute atomic E-state index is 0.236. The Hall–Kier alpha value is -4.04. The van der Waals surface area contributed by atoms with E-state index in [1.54, 1.807) is 33.9 Å². The highest BCUT2D eigenvalue weighted by Crippen LogP contribution is 2.48. The van der Waals surface area contributed by atoms with E-state index in [4.69, 9.17) is 19.3 Å². The van der Waals surface area contributed by atoms with E-state index in [2.05, 4.69) is 0 Å². The number of ether oxygens (including phenoxy) is 2. The van der Waals surface area contributed by atoms with Crippen molar-refractivity contribution in [1.29, 1.82) is 0 Å². The first kappa shape index (κ1) is 24.6. The summed E-state index contributed by atoms with van der Waals surface area (Å²) >= 11 is 0. The van der Waals surface area contributed by atoms with Crippen molar-refractivity contribution in [3.63, 3.8) is 0 Å². The molecule has 0 saturated carbocycles. The Morgan fingerprint density at radius 3 is 2.54 bits per heavy atom. The molecule has 3 aromatic carbocycles. The van der Waals surface area contributed by atoms with Crippen LogP contribution in [0.1, 0.15) is 43.6 Å². The number of fused-ring (bicyclic) bond motifs is 1.